The van der Waals surface area contributed by atoms with Crippen LogP contribution in [0.1, 0.15) is 65.4 Å². The maximum atomic E-state index is 13.5. The van der Waals surface area contributed by atoms with Gasteiger partial charge in [-0.1, -0.05) is 31.4 Å². The van der Waals surface area contributed by atoms with E-state index >= 15 is 0 Å². The van der Waals surface area contributed by atoms with Crippen molar-refractivity contribution in [2.75, 3.05) is 18.7 Å². The van der Waals surface area contributed by atoms with Crippen molar-refractivity contribution in [2.24, 2.45) is 5.92 Å². The van der Waals surface area contributed by atoms with Crippen LogP contribution in [0.15, 0.2) is 24.3 Å². The number of amides is 3. The van der Waals surface area contributed by atoms with Crippen LogP contribution in [0.2, 0.25) is 0 Å². The molecule has 1 saturated carbocycles. The van der Waals surface area contributed by atoms with Gasteiger partial charge in [0.25, 0.3) is 5.91 Å². The molecule has 0 aromatic heterocycles. The van der Waals surface area contributed by atoms with E-state index in [4.69, 9.17) is 9.47 Å². The van der Waals surface area contributed by atoms with Gasteiger partial charge in [-0.3, -0.25) is 19.2 Å². The fourth-order valence-electron chi connectivity index (χ4n) is 4.72. The first-order valence-corrected chi connectivity index (χ1v) is 15.6. The highest BCUT2D eigenvalue weighted by atomic mass is 32.2. The molecule has 1 aliphatic heterocycles. The van der Waals surface area contributed by atoms with Gasteiger partial charge in [-0.05, 0) is 70.6 Å². The van der Waals surface area contributed by atoms with Crippen LogP contribution in [0.3, 0.4) is 0 Å². The molecule has 9 nitrogen and oxygen atoms in total. The number of ether oxygens (including phenoxy) is 2. The number of nitrogens with one attached hydrogen (secondary N) is 2. The highest BCUT2D eigenvalue weighted by Gasteiger charge is 2.38. The Balaban J connectivity index is 1.61. The average molecular weight is 568 g/mol. The molecule has 3 rings (SSSR count). The number of hydrogen-bond donors (Lipinski definition) is 2. The zero-order chi connectivity index (χ0) is 27.9. The predicted octanol–water partition coefficient (Wildman–Crippen LogP) is 3.78. The predicted molar refractivity (Wildman–Crippen MR) is 150 cm³/mol. The molecule has 2 aliphatic rings. The number of carbonyl (C=O) groups is 3. The molecule has 0 radical (unpaired) electrons. The van der Waals surface area contributed by atoms with E-state index in [-0.39, 0.29) is 11.2 Å². The van der Waals surface area contributed by atoms with Crippen molar-refractivity contribution in [3.05, 3.63) is 29.8 Å². The lowest BCUT2D eigenvalue weighted by atomic mass is 9.85. The summed E-state index contributed by atoms with van der Waals surface area (Å²) in [5, 5.41) is 2.46. The minimum absolute atomic E-state index is 0.232. The number of benzene rings is 1. The average Bonchev–Trinajstić information content (AvgIpc) is 3.37. The van der Waals surface area contributed by atoms with Gasteiger partial charge in [0.05, 0.1) is 18.2 Å². The summed E-state index contributed by atoms with van der Waals surface area (Å²) in [6, 6.07) is 6.05. The topological polar surface area (TPSA) is 114 Å². The minimum atomic E-state index is -1.63. The fourth-order valence-corrected chi connectivity index (χ4v) is 7.35. The van der Waals surface area contributed by atoms with Crippen molar-refractivity contribution < 1.29 is 28.1 Å². The lowest BCUT2D eigenvalue weighted by Gasteiger charge is -2.30. The second-order valence-electron chi connectivity index (χ2n) is 10.9. The number of nitrogens with zero attached hydrogens (tertiary/aromatic N) is 1. The normalized spacial score (nSPS) is 20.8. The van der Waals surface area contributed by atoms with Crippen molar-refractivity contribution in [3.63, 3.8) is 0 Å². The summed E-state index contributed by atoms with van der Waals surface area (Å²) in [4.78, 5) is 39.9. The molecular formula is C27H41N3O6S2. The summed E-state index contributed by atoms with van der Waals surface area (Å²) in [5.41, 5.74) is 0.356. The second-order valence-corrected chi connectivity index (χ2v) is 13.4. The standard InChI is InChI=1S/C27H41N3O6S2/c1-18(28-25(32)22-16-37-17-30(22)26(33)36-27(2,3)4)24(31)29-38(34)23(20-9-7-6-8-10-20)15-19-11-13-21(35-5)14-12-19/h11-14,18,20,22-23H,6-10,15-17H2,1-5H3,(H,28,32)(H,29,31)/t18-,22+,23?,38?/m1/s1. The van der Waals surface area contributed by atoms with Crippen molar-refractivity contribution >= 4 is 40.7 Å². The first-order chi connectivity index (χ1) is 18.0. The summed E-state index contributed by atoms with van der Waals surface area (Å²) in [5.74, 6) is 0.809. The van der Waals surface area contributed by atoms with E-state index < -0.39 is 46.6 Å². The SMILES string of the molecule is COc1ccc(CC(C2CCCCC2)S(=O)NC(=O)[C@@H](C)NC(=O)[C@@H]2CSCN2C(=O)OC(C)(C)C)cc1. The second kappa shape index (κ2) is 13.7. The third kappa shape index (κ3) is 8.62. The quantitative estimate of drug-likeness (QED) is 0.467. The largest absolute Gasteiger partial charge is 0.497 e. The molecular weight excluding hydrogens is 526 g/mol. The van der Waals surface area contributed by atoms with Gasteiger partial charge < -0.3 is 14.8 Å². The number of carbonyl (C=O) groups excluding carboxylic acids is 3. The molecule has 212 valence electrons. The van der Waals surface area contributed by atoms with E-state index in [1.54, 1.807) is 34.8 Å². The summed E-state index contributed by atoms with van der Waals surface area (Å²) >= 11 is 1.45. The molecule has 2 unspecified atom stereocenters. The molecule has 4 atom stereocenters. The Labute approximate surface area is 232 Å². The Morgan fingerprint density at radius 2 is 1.79 bits per heavy atom. The number of hydrogen-bond acceptors (Lipinski definition) is 7. The molecule has 38 heavy (non-hydrogen) atoms. The molecule has 2 N–H and O–H groups in total. The van der Waals surface area contributed by atoms with E-state index in [1.165, 1.54) is 23.1 Å². The Kier molecular flexibility index (Phi) is 10.9. The van der Waals surface area contributed by atoms with Crippen LogP contribution >= 0.6 is 11.8 Å². The Bertz CT molecular complexity index is 992. The van der Waals surface area contributed by atoms with Crippen LogP contribution < -0.4 is 14.8 Å². The lowest BCUT2D eigenvalue weighted by molar-refractivity contribution is -0.130. The van der Waals surface area contributed by atoms with Crippen LogP contribution in [0.4, 0.5) is 4.79 Å². The molecule has 1 aliphatic carbocycles. The van der Waals surface area contributed by atoms with Crippen LogP contribution in [0, 0.1) is 5.92 Å². The Morgan fingerprint density at radius 1 is 1.13 bits per heavy atom. The van der Waals surface area contributed by atoms with E-state index in [1.807, 2.05) is 24.3 Å². The molecule has 3 amide bonds. The third-order valence-corrected chi connectivity index (χ3v) is 9.33. The Morgan fingerprint density at radius 3 is 2.39 bits per heavy atom. The van der Waals surface area contributed by atoms with Gasteiger partial charge in [-0.25, -0.2) is 9.00 Å². The van der Waals surface area contributed by atoms with Gasteiger partial charge in [0, 0.05) is 5.75 Å². The summed E-state index contributed by atoms with van der Waals surface area (Å²) in [6.07, 6.45) is 5.34. The summed E-state index contributed by atoms with van der Waals surface area (Å²) < 4.78 is 26.8. The van der Waals surface area contributed by atoms with Gasteiger partial charge in [0.15, 0.2) is 0 Å². The van der Waals surface area contributed by atoms with Gasteiger partial charge >= 0.3 is 6.09 Å². The van der Waals surface area contributed by atoms with Crippen LogP contribution in [0.25, 0.3) is 0 Å². The number of rotatable bonds is 9. The Hall–Kier alpha value is -2.27. The van der Waals surface area contributed by atoms with Crippen molar-refractivity contribution in [3.8, 4) is 5.75 Å². The molecule has 1 heterocycles. The maximum absolute atomic E-state index is 13.5. The molecule has 11 heteroatoms. The van der Waals surface area contributed by atoms with Crippen LogP contribution in [0.5, 0.6) is 5.75 Å². The fraction of sp³-hybridized carbons (Fsp3) is 0.667. The highest BCUT2D eigenvalue weighted by molar-refractivity contribution is 7.99. The van der Waals surface area contributed by atoms with Crippen molar-refractivity contribution in [2.45, 2.75) is 89.2 Å². The van der Waals surface area contributed by atoms with E-state index in [2.05, 4.69) is 10.0 Å². The summed E-state index contributed by atoms with van der Waals surface area (Å²) in [6.45, 7) is 6.87. The molecule has 0 spiro atoms. The van der Waals surface area contributed by atoms with Gasteiger partial charge in [0.1, 0.15) is 34.4 Å². The first kappa shape index (κ1) is 30.3. The lowest BCUT2D eigenvalue weighted by Crippen LogP contribution is -2.54. The van der Waals surface area contributed by atoms with Crippen molar-refractivity contribution in [1.82, 2.24) is 14.9 Å². The minimum Gasteiger partial charge on any atom is -0.497 e. The molecule has 1 saturated heterocycles. The molecule has 1 aromatic rings. The number of methoxy groups -OCH3 is 1. The van der Waals surface area contributed by atoms with Crippen LogP contribution in [-0.2, 0) is 31.7 Å². The first-order valence-electron chi connectivity index (χ1n) is 13.2. The van der Waals surface area contributed by atoms with E-state index in [0.29, 0.717) is 18.1 Å². The number of thioether (sulfide) groups is 1. The maximum Gasteiger partial charge on any atom is 0.411 e. The van der Waals surface area contributed by atoms with Crippen molar-refractivity contribution in [1.29, 1.82) is 0 Å². The monoisotopic (exact) mass is 567 g/mol. The zero-order valence-electron chi connectivity index (χ0n) is 23.0. The highest BCUT2D eigenvalue weighted by Crippen LogP contribution is 2.31. The van der Waals surface area contributed by atoms with Gasteiger partial charge in [-0.15, -0.1) is 11.8 Å². The molecule has 0 bridgehead atoms. The molecule has 1 aromatic carbocycles. The van der Waals surface area contributed by atoms with E-state index in [9.17, 15) is 18.6 Å². The summed E-state index contributed by atoms with van der Waals surface area (Å²) in [7, 11) is -0.0109. The van der Waals surface area contributed by atoms with Crippen LogP contribution in [-0.4, -0.2) is 68.7 Å². The zero-order valence-corrected chi connectivity index (χ0v) is 24.6. The van der Waals surface area contributed by atoms with Gasteiger partial charge in [0.2, 0.25) is 5.91 Å². The third-order valence-electron chi connectivity index (χ3n) is 6.81. The smallest absolute Gasteiger partial charge is 0.411 e. The van der Waals surface area contributed by atoms with Gasteiger partial charge in [-0.2, -0.15) is 0 Å². The molecule has 2 fully saturated rings. The van der Waals surface area contributed by atoms with E-state index in [0.717, 1.165) is 37.0 Å².